The monoisotopic (exact) mass is 283 g/mol. The van der Waals surface area contributed by atoms with Crippen molar-refractivity contribution in [1.29, 1.82) is 0 Å². The van der Waals surface area contributed by atoms with Gasteiger partial charge >= 0.3 is 0 Å². The molecule has 0 heterocycles. The maximum atomic E-state index is 5.54. The van der Waals surface area contributed by atoms with Crippen molar-refractivity contribution < 1.29 is 4.74 Å². The highest BCUT2D eigenvalue weighted by atomic mass is 16.5. The number of ether oxygens (including phenoxy) is 1. The van der Waals surface area contributed by atoms with Crippen LogP contribution in [-0.4, -0.2) is 6.61 Å². The highest BCUT2D eigenvalue weighted by molar-refractivity contribution is 5.29. The zero-order chi connectivity index (χ0) is 15.1. The first-order valence-electron chi connectivity index (χ1n) is 7.65. The van der Waals surface area contributed by atoms with Crippen LogP contribution in [0.15, 0.2) is 48.5 Å². The van der Waals surface area contributed by atoms with Gasteiger partial charge in [0.05, 0.1) is 6.61 Å². The summed E-state index contributed by atoms with van der Waals surface area (Å²) in [6, 6.07) is 17.4. The highest BCUT2D eigenvalue weighted by Gasteiger charge is 2.08. The van der Waals surface area contributed by atoms with Crippen LogP contribution in [0.4, 0.5) is 0 Å². The molecule has 0 saturated carbocycles. The van der Waals surface area contributed by atoms with Gasteiger partial charge in [-0.1, -0.05) is 48.5 Å². The molecule has 0 aliphatic carbocycles. The fraction of sp³-hybridized carbons (Fsp3) is 0.368. The maximum Gasteiger partial charge on any atom is 0.0719 e. The van der Waals surface area contributed by atoms with E-state index in [-0.39, 0.29) is 0 Å². The zero-order valence-electron chi connectivity index (χ0n) is 13.2. The third kappa shape index (κ3) is 4.42. The van der Waals surface area contributed by atoms with Crippen LogP contribution in [0.3, 0.4) is 0 Å². The summed E-state index contributed by atoms with van der Waals surface area (Å²) in [5, 5.41) is 3.62. The van der Waals surface area contributed by atoms with E-state index in [2.05, 4.69) is 67.7 Å². The van der Waals surface area contributed by atoms with E-state index in [9.17, 15) is 0 Å². The average Bonchev–Trinajstić information content (AvgIpc) is 2.52. The Kier molecular flexibility index (Phi) is 5.97. The normalized spacial score (nSPS) is 12.3. The maximum absolute atomic E-state index is 5.54. The molecule has 2 nitrogen and oxygen atoms in total. The first-order chi connectivity index (χ1) is 10.2. The molecular formula is C19H25NO. The van der Waals surface area contributed by atoms with Gasteiger partial charge in [0.15, 0.2) is 0 Å². The molecule has 2 rings (SSSR count). The molecule has 1 atom stereocenters. The second kappa shape index (κ2) is 7.96. The molecule has 0 radical (unpaired) electrons. The van der Waals surface area contributed by atoms with Gasteiger partial charge in [-0.05, 0) is 43.0 Å². The number of aryl methyl sites for hydroxylation is 1. The minimum atomic E-state index is 0.339. The molecule has 2 aromatic rings. The number of rotatable bonds is 7. The third-order valence-electron chi connectivity index (χ3n) is 3.83. The standard InChI is InChI=1S/C19H25NO/c1-4-21-14-18-11-7-6-10-17(18)13-20-16(3)19-12-8-5-9-15(19)2/h5-12,16,20H,4,13-14H2,1-3H3. The van der Waals surface area contributed by atoms with E-state index < -0.39 is 0 Å². The zero-order valence-corrected chi connectivity index (χ0v) is 13.2. The van der Waals surface area contributed by atoms with Gasteiger partial charge in [-0.2, -0.15) is 0 Å². The summed E-state index contributed by atoms with van der Waals surface area (Å²) in [7, 11) is 0. The van der Waals surface area contributed by atoms with Gasteiger partial charge in [-0.3, -0.25) is 0 Å². The van der Waals surface area contributed by atoms with E-state index in [0.29, 0.717) is 12.6 Å². The van der Waals surface area contributed by atoms with E-state index in [1.165, 1.54) is 22.3 Å². The second-order valence-corrected chi connectivity index (χ2v) is 5.37. The van der Waals surface area contributed by atoms with Gasteiger partial charge in [-0.25, -0.2) is 0 Å². The van der Waals surface area contributed by atoms with Crippen molar-refractivity contribution in [2.75, 3.05) is 6.61 Å². The molecule has 2 aromatic carbocycles. The van der Waals surface area contributed by atoms with Gasteiger partial charge < -0.3 is 10.1 Å². The van der Waals surface area contributed by atoms with Gasteiger partial charge in [0, 0.05) is 19.2 Å². The van der Waals surface area contributed by atoms with Crippen molar-refractivity contribution in [3.63, 3.8) is 0 Å². The Balaban J connectivity index is 2.01. The van der Waals surface area contributed by atoms with Crippen LogP contribution >= 0.6 is 0 Å². The lowest BCUT2D eigenvalue weighted by atomic mass is 10.0. The van der Waals surface area contributed by atoms with Crippen molar-refractivity contribution in [2.45, 2.75) is 40.0 Å². The van der Waals surface area contributed by atoms with Gasteiger partial charge in [-0.15, -0.1) is 0 Å². The lowest BCUT2D eigenvalue weighted by Gasteiger charge is -2.18. The Labute approximate surface area is 128 Å². The van der Waals surface area contributed by atoms with Crippen LogP contribution in [-0.2, 0) is 17.9 Å². The van der Waals surface area contributed by atoms with E-state index in [1.807, 2.05) is 6.92 Å². The number of benzene rings is 2. The summed E-state index contributed by atoms with van der Waals surface area (Å²) in [6.07, 6.45) is 0. The van der Waals surface area contributed by atoms with Gasteiger partial charge in [0.1, 0.15) is 0 Å². The molecule has 0 aliphatic rings. The lowest BCUT2D eigenvalue weighted by Crippen LogP contribution is -2.19. The van der Waals surface area contributed by atoms with Crippen LogP contribution in [0.5, 0.6) is 0 Å². The summed E-state index contributed by atoms with van der Waals surface area (Å²) in [4.78, 5) is 0. The van der Waals surface area contributed by atoms with E-state index >= 15 is 0 Å². The van der Waals surface area contributed by atoms with Crippen molar-refractivity contribution in [2.24, 2.45) is 0 Å². The predicted octanol–water partition coefficient (Wildman–Crippen LogP) is 4.38. The summed E-state index contributed by atoms with van der Waals surface area (Å²) in [5.74, 6) is 0. The minimum Gasteiger partial charge on any atom is -0.377 e. The van der Waals surface area contributed by atoms with Crippen LogP contribution in [0.1, 0.15) is 42.1 Å². The molecule has 0 aliphatic heterocycles. The third-order valence-corrected chi connectivity index (χ3v) is 3.83. The lowest BCUT2D eigenvalue weighted by molar-refractivity contribution is 0.133. The summed E-state index contributed by atoms with van der Waals surface area (Å²) in [6.45, 7) is 8.71. The molecule has 0 saturated heterocycles. The number of hydrogen-bond donors (Lipinski definition) is 1. The first-order valence-corrected chi connectivity index (χ1v) is 7.65. The number of nitrogens with one attached hydrogen (secondary N) is 1. The van der Waals surface area contributed by atoms with Gasteiger partial charge in [0.2, 0.25) is 0 Å². The van der Waals surface area contributed by atoms with E-state index in [1.54, 1.807) is 0 Å². The first kappa shape index (κ1) is 15.7. The SMILES string of the molecule is CCOCc1ccccc1CNC(C)c1ccccc1C. The molecule has 112 valence electrons. The van der Waals surface area contributed by atoms with E-state index in [4.69, 9.17) is 4.74 Å². The Morgan fingerprint density at radius 2 is 1.67 bits per heavy atom. The molecule has 0 aromatic heterocycles. The fourth-order valence-corrected chi connectivity index (χ4v) is 2.53. The fourth-order valence-electron chi connectivity index (χ4n) is 2.53. The molecule has 0 spiro atoms. The molecule has 0 amide bonds. The van der Waals surface area contributed by atoms with E-state index in [0.717, 1.165) is 13.2 Å². The second-order valence-electron chi connectivity index (χ2n) is 5.37. The quantitative estimate of drug-likeness (QED) is 0.814. The average molecular weight is 283 g/mol. The van der Waals surface area contributed by atoms with Crippen molar-refractivity contribution in [3.05, 3.63) is 70.8 Å². The van der Waals surface area contributed by atoms with Crippen molar-refractivity contribution in [3.8, 4) is 0 Å². The van der Waals surface area contributed by atoms with Crippen LogP contribution in [0, 0.1) is 6.92 Å². The summed E-state index contributed by atoms with van der Waals surface area (Å²) >= 11 is 0. The Morgan fingerprint density at radius 3 is 2.38 bits per heavy atom. The molecule has 0 bridgehead atoms. The molecule has 1 unspecified atom stereocenters. The minimum absolute atomic E-state index is 0.339. The molecule has 1 N–H and O–H groups in total. The Hall–Kier alpha value is -1.64. The van der Waals surface area contributed by atoms with Crippen molar-refractivity contribution >= 4 is 0 Å². The predicted molar refractivity (Wildman–Crippen MR) is 88.2 cm³/mol. The summed E-state index contributed by atoms with van der Waals surface area (Å²) < 4.78 is 5.54. The van der Waals surface area contributed by atoms with Gasteiger partial charge in [0.25, 0.3) is 0 Å². The largest absolute Gasteiger partial charge is 0.377 e. The highest BCUT2D eigenvalue weighted by Crippen LogP contribution is 2.18. The summed E-state index contributed by atoms with van der Waals surface area (Å²) in [5.41, 5.74) is 5.27. The van der Waals surface area contributed by atoms with Crippen LogP contribution in [0.2, 0.25) is 0 Å². The number of hydrogen-bond acceptors (Lipinski definition) is 2. The van der Waals surface area contributed by atoms with Crippen molar-refractivity contribution in [1.82, 2.24) is 5.32 Å². The molecular weight excluding hydrogens is 258 g/mol. The molecule has 0 fully saturated rings. The topological polar surface area (TPSA) is 21.3 Å². The van der Waals surface area contributed by atoms with Crippen LogP contribution in [0.25, 0.3) is 0 Å². The van der Waals surface area contributed by atoms with Crippen LogP contribution < -0.4 is 5.32 Å². The molecule has 2 heteroatoms. The smallest absolute Gasteiger partial charge is 0.0719 e. The molecule has 21 heavy (non-hydrogen) atoms. The Bertz CT molecular complexity index is 565. The Morgan fingerprint density at radius 1 is 1.00 bits per heavy atom.